The average Bonchev–Trinajstić information content (AvgIpc) is 3.27. The van der Waals surface area contributed by atoms with E-state index in [-0.39, 0.29) is 42.4 Å². The number of anilines is 2. The van der Waals surface area contributed by atoms with Gasteiger partial charge < -0.3 is 19.5 Å². The minimum Gasteiger partial charge on any atom is -0.459 e. The summed E-state index contributed by atoms with van der Waals surface area (Å²) in [4.78, 5) is 29.1. The number of rotatable bonds is 9. The van der Waals surface area contributed by atoms with Crippen LogP contribution in [-0.4, -0.2) is 30.8 Å². The Labute approximate surface area is 194 Å². The van der Waals surface area contributed by atoms with Gasteiger partial charge in [-0.1, -0.05) is 26.0 Å². The van der Waals surface area contributed by atoms with Crippen molar-refractivity contribution in [2.24, 2.45) is 5.92 Å². The molecule has 0 aliphatic heterocycles. The Hall–Kier alpha value is -3.61. The summed E-state index contributed by atoms with van der Waals surface area (Å²) in [6.07, 6.45) is 1.87. The van der Waals surface area contributed by atoms with E-state index in [2.05, 4.69) is 5.32 Å². The molecule has 7 heteroatoms. The van der Waals surface area contributed by atoms with Crippen LogP contribution in [0, 0.1) is 11.7 Å². The van der Waals surface area contributed by atoms with E-state index in [0.29, 0.717) is 17.7 Å². The molecule has 3 rings (SSSR count). The fourth-order valence-corrected chi connectivity index (χ4v) is 3.63. The number of benzene rings is 2. The molecule has 0 atom stereocenters. The van der Waals surface area contributed by atoms with Gasteiger partial charge in [-0.15, -0.1) is 0 Å². The second-order valence-corrected chi connectivity index (χ2v) is 8.65. The molecule has 33 heavy (non-hydrogen) atoms. The van der Waals surface area contributed by atoms with Gasteiger partial charge in [-0.3, -0.25) is 9.59 Å². The Kier molecular flexibility index (Phi) is 7.87. The van der Waals surface area contributed by atoms with Gasteiger partial charge in [0.2, 0.25) is 5.91 Å². The van der Waals surface area contributed by atoms with E-state index in [9.17, 15) is 14.0 Å². The minimum absolute atomic E-state index is 0.0585. The highest BCUT2D eigenvalue weighted by Crippen LogP contribution is 2.26. The van der Waals surface area contributed by atoms with Crippen LogP contribution < -0.4 is 10.2 Å². The Balaban J connectivity index is 1.93. The van der Waals surface area contributed by atoms with Crippen molar-refractivity contribution in [3.63, 3.8) is 0 Å². The fraction of sp³-hybridized carbons (Fsp3) is 0.308. The number of hydrogen-bond acceptors (Lipinski definition) is 4. The molecule has 0 unspecified atom stereocenters. The van der Waals surface area contributed by atoms with Crippen LogP contribution in [0.2, 0.25) is 0 Å². The summed E-state index contributed by atoms with van der Waals surface area (Å²) in [5.74, 6) is -0.265. The third-order valence-electron chi connectivity index (χ3n) is 5.08. The third-order valence-corrected chi connectivity index (χ3v) is 5.08. The minimum atomic E-state index is -0.359. The molecule has 1 heterocycles. The number of nitrogens with zero attached hydrogens (tertiary/aromatic N) is 2. The number of amides is 2. The second-order valence-electron chi connectivity index (χ2n) is 8.65. The summed E-state index contributed by atoms with van der Waals surface area (Å²) >= 11 is 0. The molecule has 3 aromatic rings. The molecular formula is C26H30FN3O3. The first-order valence-electron chi connectivity index (χ1n) is 10.9. The van der Waals surface area contributed by atoms with E-state index in [1.807, 2.05) is 51.0 Å². The highest BCUT2D eigenvalue weighted by molar-refractivity contribution is 5.92. The quantitative estimate of drug-likeness (QED) is 0.479. The normalized spacial score (nSPS) is 10.8. The van der Waals surface area contributed by atoms with Gasteiger partial charge in [0.05, 0.1) is 6.26 Å². The van der Waals surface area contributed by atoms with Gasteiger partial charge in [0.15, 0.2) is 5.76 Å². The van der Waals surface area contributed by atoms with E-state index in [1.165, 1.54) is 18.4 Å². The van der Waals surface area contributed by atoms with Crippen LogP contribution in [0.15, 0.2) is 65.3 Å². The number of furan rings is 1. The molecule has 0 aliphatic rings. The predicted octanol–water partition coefficient (Wildman–Crippen LogP) is 5.31. The topological polar surface area (TPSA) is 65.8 Å². The highest BCUT2D eigenvalue weighted by atomic mass is 19.1. The molecule has 2 amide bonds. The summed E-state index contributed by atoms with van der Waals surface area (Å²) in [6.45, 7) is 4.43. The fourth-order valence-electron chi connectivity index (χ4n) is 3.63. The molecule has 0 fully saturated rings. The lowest BCUT2D eigenvalue weighted by molar-refractivity contribution is -0.116. The Bertz CT molecular complexity index is 1090. The van der Waals surface area contributed by atoms with E-state index < -0.39 is 0 Å². The van der Waals surface area contributed by atoms with Crippen molar-refractivity contribution < 1.29 is 18.4 Å². The van der Waals surface area contributed by atoms with Crippen molar-refractivity contribution in [1.29, 1.82) is 0 Å². The average molecular weight is 452 g/mol. The van der Waals surface area contributed by atoms with Gasteiger partial charge in [0, 0.05) is 45.0 Å². The first-order chi connectivity index (χ1) is 15.7. The van der Waals surface area contributed by atoms with Crippen LogP contribution >= 0.6 is 0 Å². The Morgan fingerprint density at radius 1 is 1.03 bits per heavy atom. The predicted molar refractivity (Wildman–Crippen MR) is 128 cm³/mol. The van der Waals surface area contributed by atoms with Crippen molar-refractivity contribution >= 4 is 23.2 Å². The third kappa shape index (κ3) is 6.68. The van der Waals surface area contributed by atoms with Crippen LogP contribution in [0.1, 0.15) is 41.9 Å². The molecule has 0 saturated carbocycles. The zero-order valence-corrected chi connectivity index (χ0v) is 19.5. The van der Waals surface area contributed by atoms with Crippen molar-refractivity contribution in [2.45, 2.75) is 33.4 Å². The number of hydrogen-bond donors (Lipinski definition) is 1. The van der Waals surface area contributed by atoms with E-state index >= 15 is 0 Å². The maximum Gasteiger partial charge on any atom is 0.290 e. The number of carbonyl (C=O) groups excluding carboxylic acids is 2. The molecular weight excluding hydrogens is 421 g/mol. The molecule has 0 aliphatic carbocycles. The van der Waals surface area contributed by atoms with Crippen molar-refractivity contribution in [3.8, 4) is 0 Å². The SMILES string of the molecule is CC(C)CC(=O)Nc1ccc(N(C)C)c(CN(Cc2cccc(F)c2)C(=O)c2ccco2)c1. The van der Waals surface area contributed by atoms with Crippen LogP contribution in [0.25, 0.3) is 0 Å². The van der Waals surface area contributed by atoms with Crippen molar-refractivity contribution in [3.05, 3.63) is 83.6 Å². The first-order valence-corrected chi connectivity index (χ1v) is 10.9. The summed E-state index contributed by atoms with van der Waals surface area (Å²) in [5, 5.41) is 2.94. The maximum absolute atomic E-state index is 13.8. The van der Waals surface area contributed by atoms with Gasteiger partial charge in [0.25, 0.3) is 5.91 Å². The van der Waals surface area contributed by atoms with E-state index in [4.69, 9.17) is 4.42 Å². The second kappa shape index (κ2) is 10.8. The lowest BCUT2D eigenvalue weighted by Gasteiger charge is -2.26. The van der Waals surface area contributed by atoms with Gasteiger partial charge in [-0.05, 0) is 59.5 Å². The summed E-state index contributed by atoms with van der Waals surface area (Å²) in [6, 6.07) is 15.1. The molecule has 0 radical (unpaired) electrons. The Morgan fingerprint density at radius 2 is 1.82 bits per heavy atom. The zero-order chi connectivity index (χ0) is 24.0. The number of nitrogens with one attached hydrogen (secondary N) is 1. The summed E-state index contributed by atoms with van der Waals surface area (Å²) in [5.41, 5.74) is 3.09. The Morgan fingerprint density at radius 3 is 2.45 bits per heavy atom. The van der Waals surface area contributed by atoms with Crippen LogP contribution in [0.5, 0.6) is 0 Å². The van der Waals surface area contributed by atoms with Gasteiger partial charge in [0.1, 0.15) is 5.82 Å². The van der Waals surface area contributed by atoms with Crippen LogP contribution in [0.3, 0.4) is 0 Å². The molecule has 1 aromatic heterocycles. The highest BCUT2D eigenvalue weighted by Gasteiger charge is 2.21. The largest absolute Gasteiger partial charge is 0.459 e. The van der Waals surface area contributed by atoms with E-state index in [1.54, 1.807) is 29.2 Å². The molecule has 1 N–H and O–H groups in total. The summed E-state index contributed by atoms with van der Waals surface area (Å²) < 4.78 is 19.1. The van der Waals surface area contributed by atoms with Crippen molar-refractivity contribution in [1.82, 2.24) is 4.90 Å². The van der Waals surface area contributed by atoms with Crippen molar-refractivity contribution in [2.75, 3.05) is 24.3 Å². The molecule has 6 nitrogen and oxygen atoms in total. The molecule has 0 spiro atoms. The zero-order valence-electron chi connectivity index (χ0n) is 19.5. The standard InChI is InChI=1S/C26H30FN3O3/c1-18(2)13-25(31)28-22-10-11-23(29(3)4)20(15-22)17-30(26(32)24-9-6-12-33-24)16-19-7-5-8-21(27)14-19/h5-12,14-15,18H,13,16-17H2,1-4H3,(H,28,31). The molecule has 0 bridgehead atoms. The monoisotopic (exact) mass is 451 g/mol. The maximum atomic E-state index is 13.8. The number of carbonyl (C=O) groups is 2. The van der Waals surface area contributed by atoms with Gasteiger partial charge in [-0.25, -0.2) is 4.39 Å². The van der Waals surface area contributed by atoms with E-state index in [0.717, 1.165) is 11.3 Å². The smallest absolute Gasteiger partial charge is 0.290 e. The molecule has 2 aromatic carbocycles. The molecule has 174 valence electrons. The number of halogens is 1. The first kappa shape index (κ1) is 24.0. The lowest BCUT2D eigenvalue weighted by Crippen LogP contribution is -2.30. The van der Waals surface area contributed by atoms with Crippen LogP contribution in [-0.2, 0) is 17.9 Å². The lowest BCUT2D eigenvalue weighted by atomic mass is 10.1. The van der Waals surface area contributed by atoms with Gasteiger partial charge in [-0.2, -0.15) is 0 Å². The van der Waals surface area contributed by atoms with Crippen LogP contribution in [0.4, 0.5) is 15.8 Å². The van der Waals surface area contributed by atoms with Gasteiger partial charge >= 0.3 is 0 Å². The molecule has 0 saturated heterocycles. The summed E-state index contributed by atoms with van der Waals surface area (Å²) in [7, 11) is 3.84.